The van der Waals surface area contributed by atoms with Gasteiger partial charge in [-0.1, -0.05) is 17.7 Å². The van der Waals surface area contributed by atoms with Crippen LogP contribution < -0.4 is 5.32 Å². The molecule has 0 amide bonds. The van der Waals surface area contributed by atoms with Crippen LogP contribution in [0.1, 0.15) is 15.9 Å². The quantitative estimate of drug-likeness (QED) is 0.884. The molecule has 98 valence electrons. The largest absolute Gasteiger partial charge is 0.478 e. The Kier molecular flexibility index (Phi) is 3.71. The molecule has 0 aliphatic heterocycles. The molecule has 19 heavy (non-hydrogen) atoms. The Hall–Kier alpha value is -2.07. The van der Waals surface area contributed by atoms with E-state index in [1.807, 2.05) is 6.92 Å². The maximum Gasteiger partial charge on any atom is 0.337 e. The lowest BCUT2D eigenvalue weighted by Crippen LogP contribution is -2.03. The Balaban J connectivity index is 2.42. The van der Waals surface area contributed by atoms with Crippen LogP contribution in [0.4, 0.5) is 15.8 Å². The number of hydrogen-bond acceptors (Lipinski definition) is 2. The van der Waals surface area contributed by atoms with Crippen molar-refractivity contribution in [1.82, 2.24) is 0 Å². The highest BCUT2D eigenvalue weighted by Crippen LogP contribution is 2.25. The number of anilines is 2. The Labute approximate surface area is 114 Å². The highest BCUT2D eigenvalue weighted by Gasteiger charge is 2.10. The molecule has 0 radical (unpaired) electrons. The summed E-state index contributed by atoms with van der Waals surface area (Å²) in [6.45, 7) is 1.84. The van der Waals surface area contributed by atoms with Gasteiger partial charge in [0.15, 0.2) is 0 Å². The maximum atomic E-state index is 13.2. The Morgan fingerprint density at radius 1 is 1.26 bits per heavy atom. The zero-order valence-corrected chi connectivity index (χ0v) is 10.8. The fourth-order valence-electron chi connectivity index (χ4n) is 1.73. The van der Waals surface area contributed by atoms with Crippen LogP contribution in [-0.2, 0) is 0 Å². The first-order chi connectivity index (χ1) is 8.95. The summed E-state index contributed by atoms with van der Waals surface area (Å²) in [7, 11) is 0. The molecule has 0 spiro atoms. The van der Waals surface area contributed by atoms with Crippen molar-refractivity contribution in [2.24, 2.45) is 0 Å². The minimum atomic E-state index is -1.05. The lowest BCUT2D eigenvalue weighted by atomic mass is 10.1. The second-order valence-corrected chi connectivity index (χ2v) is 4.57. The van der Waals surface area contributed by atoms with Crippen molar-refractivity contribution in [2.75, 3.05) is 5.32 Å². The van der Waals surface area contributed by atoms with Crippen LogP contribution in [0.25, 0.3) is 0 Å². The van der Waals surface area contributed by atoms with Crippen LogP contribution in [0.15, 0.2) is 36.4 Å². The molecule has 0 aromatic heterocycles. The minimum absolute atomic E-state index is 0.117. The van der Waals surface area contributed by atoms with E-state index < -0.39 is 11.8 Å². The SMILES string of the molecule is Cc1ccc(C(=O)O)c(Nc2cc(F)cc(Cl)c2)c1. The molecule has 2 N–H and O–H groups in total. The summed E-state index contributed by atoms with van der Waals surface area (Å²) in [6.07, 6.45) is 0. The number of aromatic carboxylic acids is 1. The van der Waals surface area contributed by atoms with Crippen molar-refractivity contribution in [3.8, 4) is 0 Å². The number of benzene rings is 2. The van der Waals surface area contributed by atoms with Crippen molar-refractivity contribution < 1.29 is 14.3 Å². The predicted octanol–water partition coefficient (Wildman–Crippen LogP) is 4.23. The summed E-state index contributed by atoms with van der Waals surface area (Å²) in [5.74, 6) is -1.54. The van der Waals surface area contributed by atoms with Crippen molar-refractivity contribution in [1.29, 1.82) is 0 Å². The predicted molar refractivity (Wildman–Crippen MR) is 72.8 cm³/mol. The number of rotatable bonds is 3. The summed E-state index contributed by atoms with van der Waals surface area (Å²) < 4.78 is 13.2. The third-order valence-corrected chi connectivity index (χ3v) is 2.77. The Morgan fingerprint density at radius 2 is 2.00 bits per heavy atom. The first kappa shape index (κ1) is 13.4. The maximum absolute atomic E-state index is 13.2. The number of aryl methyl sites for hydroxylation is 1. The van der Waals surface area contributed by atoms with E-state index in [0.29, 0.717) is 11.4 Å². The fourth-order valence-corrected chi connectivity index (χ4v) is 1.95. The normalized spacial score (nSPS) is 10.3. The smallest absolute Gasteiger partial charge is 0.337 e. The molecule has 0 bridgehead atoms. The second kappa shape index (κ2) is 5.28. The molecule has 0 fully saturated rings. The lowest BCUT2D eigenvalue weighted by Gasteiger charge is -2.11. The van der Waals surface area contributed by atoms with Crippen LogP contribution in [-0.4, -0.2) is 11.1 Å². The third-order valence-electron chi connectivity index (χ3n) is 2.55. The summed E-state index contributed by atoms with van der Waals surface area (Å²) in [5.41, 5.74) is 1.81. The third kappa shape index (κ3) is 3.23. The zero-order chi connectivity index (χ0) is 14.0. The minimum Gasteiger partial charge on any atom is -0.478 e. The summed E-state index contributed by atoms with van der Waals surface area (Å²) >= 11 is 5.75. The molecule has 2 aromatic carbocycles. The first-order valence-electron chi connectivity index (χ1n) is 5.53. The van der Waals surface area contributed by atoms with Gasteiger partial charge in [0.05, 0.1) is 11.3 Å². The molecule has 0 heterocycles. The van der Waals surface area contributed by atoms with Gasteiger partial charge in [0.25, 0.3) is 0 Å². The lowest BCUT2D eigenvalue weighted by molar-refractivity contribution is 0.0698. The summed E-state index contributed by atoms with van der Waals surface area (Å²) in [5, 5.41) is 12.2. The number of carbonyl (C=O) groups is 1. The number of halogens is 2. The molecular weight excluding hydrogens is 269 g/mol. The van der Waals surface area contributed by atoms with Crippen molar-refractivity contribution in [2.45, 2.75) is 6.92 Å². The van der Waals surface area contributed by atoms with E-state index in [1.54, 1.807) is 12.1 Å². The summed E-state index contributed by atoms with van der Waals surface area (Å²) in [4.78, 5) is 11.1. The van der Waals surface area contributed by atoms with Gasteiger partial charge in [-0.3, -0.25) is 0 Å². The van der Waals surface area contributed by atoms with Crippen molar-refractivity contribution in [3.63, 3.8) is 0 Å². The highest BCUT2D eigenvalue weighted by atomic mass is 35.5. The molecular formula is C14H11ClFNO2. The van der Waals surface area contributed by atoms with Crippen molar-refractivity contribution in [3.05, 3.63) is 58.4 Å². The zero-order valence-electron chi connectivity index (χ0n) is 10.1. The van der Waals surface area contributed by atoms with Gasteiger partial charge in [-0.15, -0.1) is 0 Å². The average molecular weight is 280 g/mol. The van der Waals surface area contributed by atoms with Gasteiger partial charge in [-0.2, -0.15) is 0 Å². The Morgan fingerprint density at radius 3 is 2.63 bits per heavy atom. The Bertz CT molecular complexity index is 623. The van der Waals surface area contributed by atoms with E-state index in [-0.39, 0.29) is 10.6 Å². The van der Waals surface area contributed by atoms with E-state index in [4.69, 9.17) is 16.7 Å². The topological polar surface area (TPSA) is 49.3 Å². The van der Waals surface area contributed by atoms with Crippen LogP contribution in [0.5, 0.6) is 0 Å². The van der Waals surface area contributed by atoms with E-state index >= 15 is 0 Å². The molecule has 2 rings (SSSR count). The van der Waals surface area contributed by atoms with E-state index in [1.165, 1.54) is 24.3 Å². The van der Waals surface area contributed by atoms with Gasteiger partial charge in [-0.05, 0) is 42.8 Å². The standard InChI is InChI=1S/C14H11ClFNO2/c1-8-2-3-12(14(18)19)13(4-8)17-11-6-9(15)5-10(16)7-11/h2-7,17H,1H3,(H,18,19). The van der Waals surface area contributed by atoms with Gasteiger partial charge in [0.2, 0.25) is 0 Å². The van der Waals surface area contributed by atoms with Gasteiger partial charge in [-0.25, -0.2) is 9.18 Å². The molecule has 0 aliphatic rings. The number of hydrogen-bond donors (Lipinski definition) is 2. The van der Waals surface area contributed by atoms with E-state index in [9.17, 15) is 9.18 Å². The number of carboxylic acids is 1. The van der Waals surface area contributed by atoms with Crippen molar-refractivity contribution >= 4 is 28.9 Å². The second-order valence-electron chi connectivity index (χ2n) is 4.14. The molecule has 0 saturated heterocycles. The van der Waals surface area contributed by atoms with Gasteiger partial charge >= 0.3 is 5.97 Å². The number of carboxylic acid groups (broad SMARTS) is 1. The van der Waals surface area contributed by atoms with E-state index in [0.717, 1.165) is 5.56 Å². The number of nitrogens with one attached hydrogen (secondary N) is 1. The monoisotopic (exact) mass is 279 g/mol. The molecule has 2 aromatic rings. The fraction of sp³-hybridized carbons (Fsp3) is 0.0714. The molecule has 0 aliphatic carbocycles. The van der Waals surface area contributed by atoms with Gasteiger partial charge < -0.3 is 10.4 Å². The molecule has 3 nitrogen and oxygen atoms in total. The molecule has 5 heteroatoms. The van der Waals surface area contributed by atoms with Gasteiger partial charge in [0, 0.05) is 10.7 Å². The highest BCUT2D eigenvalue weighted by molar-refractivity contribution is 6.30. The summed E-state index contributed by atoms with van der Waals surface area (Å²) in [6, 6.07) is 8.84. The van der Waals surface area contributed by atoms with Crippen LogP contribution in [0.2, 0.25) is 5.02 Å². The molecule has 0 saturated carbocycles. The first-order valence-corrected chi connectivity index (χ1v) is 5.90. The molecule has 0 atom stereocenters. The van der Waals surface area contributed by atoms with Crippen LogP contribution >= 0.6 is 11.6 Å². The van der Waals surface area contributed by atoms with Crippen LogP contribution in [0.3, 0.4) is 0 Å². The molecule has 0 unspecified atom stereocenters. The van der Waals surface area contributed by atoms with E-state index in [2.05, 4.69) is 5.32 Å². The average Bonchev–Trinajstić information content (AvgIpc) is 2.26. The van der Waals surface area contributed by atoms with Gasteiger partial charge in [0.1, 0.15) is 5.82 Å². The van der Waals surface area contributed by atoms with Crippen LogP contribution in [0, 0.1) is 12.7 Å².